The van der Waals surface area contributed by atoms with E-state index in [4.69, 9.17) is 4.52 Å². The highest BCUT2D eigenvalue weighted by Crippen LogP contribution is 2.28. The quantitative estimate of drug-likeness (QED) is 0.680. The molecule has 6 heteroatoms. The molecule has 0 saturated carbocycles. The first-order chi connectivity index (χ1) is 9.40. The summed E-state index contributed by atoms with van der Waals surface area (Å²) >= 11 is 0. The van der Waals surface area contributed by atoms with Crippen LogP contribution in [0.5, 0.6) is 0 Å². The molecule has 0 aliphatic rings. The molecule has 0 spiro atoms. The Morgan fingerprint density at radius 2 is 2.05 bits per heavy atom. The van der Waals surface area contributed by atoms with E-state index < -0.39 is 4.92 Å². The van der Waals surface area contributed by atoms with Crippen molar-refractivity contribution < 1.29 is 9.45 Å². The van der Waals surface area contributed by atoms with E-state index in [2.05, 4.69) is 10.5 Å². The maximum Gasteiger partial charge on any atom is 0.271 e. The number of nitro groups is 1. The van der Waals surface area contributed by atoms with Gasteiger partial charge in [-0.3, -0.25) is 10.1 Å². The predicted molar refractivity (Wildman–Crippen MR) is 75.8 cm³/mol. The van der Waals surface area contributed by atoms with Gasteiger partial charge in [-0.2, -0.15) is 0 Å². The van der Waals surface area contributed by atoms with Crippen LogP contribution in [0.3, 0.4) is 0 Å². The largest absolute Gasteiger partial charge is 0.378 e. The number of nitro benzene ring substituents is 1. The fourth-order valence-electron chi connectivity index (χ4n) is 2.29. The van der Waals surface area contributed by atoms with Crippen LogP contribution >= 0.6 is 0 Å². The Labute approximate surface area is 116 Å². The van der Waals surface area contributed by atoms with Gasteiger partial charge in [-0.25, -0.2) is 0 Å². The van der Waals surface area contributed by atoms with Gasteiger partial charge in [0, 0.05) is 23.4 Å². The molecule has 0 bridgehead atoms. The molecule has 2 aromatic rings. The molecular formula is C14H17N3O3. The average molecular weight is 275 g/mol. The Morgan fingerprint density at radius 1 is 1.35 bits per heavy atom. The van der Waals surface area contributed by atoms with E-state index >= 15 is 0 Å². The van der Waals surface area contributed by atoms with Crippen LogP contribution in [0.2, 0.25) is 0 Å². The van der Waals surface area contributed by atoms with Crippen molar-refractivity contribution in [1.82, 2.24) is 5.16 Å². The van der Waals surface area contributed by atoms with E-state index in [9.17, 15) is 10.1 Å². The molecule has 0 fully saturated rings. The highest BCUT2D eigenvalue weighted by Gasteiger charge is 2.18. The van der Waals surface area contributed by atoms with Gasteiger partial charge < -0.3 is 9.84 Å². The van der Waals surface area contributed by atoms with Crippen molar-refractivity contribution in [2.45, 2.75) is 33.7 Å². The highest BCUT2D eigenvalue weighted by molar-refractivity contribution is 5.58. The second kappa shape index (κ2) is 5.32. The number of hydrogen-bond acceptors (Lipinski definition) is 5. The Balaban J connectivity index is 2.30. The Morgan fingerprint density at radius 3 is 2.60 bits per heavy atom. The first kappa shape index (κ1) is 14.0. The van der Waals surface area contributed by atoms with Gasteiger partial charge in [0.2, 0.25) is 0 Å². The van der Waals surface area contributed by atoms with E-state index in [1.165, 1.54) is 6.07 Å². The first-order valence-electron chi connectivity index (χ1n) is 6.34. The predicted octanol–water partition coefficient (Wildman–Crippen LogP) is 3.68. The molecule has 1 unspecified atom stereocenters. The minimum absolute atomic E-state index is 0.0399. The fourth-order valence-corrected chi connectivity index (χ4v) is 2.29. The van der Waals surface area contributed by atoms with Crippen LogP contribution in [0, 0.1) is 30.9 Å². The van der Waals surface area contributed by atoms with Crippen molar-refractivity contribution in [2.24, 2.45) is 0 Å². The lowest BCUT2D eigenvalue weighted by molar-refractivity contribution is -0.384. The molecule has 1 N–H and O–H groups in total. The maximum atomic E-state index is 10.8. The molecule has 0 aliphatic heterocycles. The third-order valence-electron chi connectivity index (χ3n) is 3.33. The van der Waals surface area contributed by atoms with Crippen LogP contribution in [0.25, 0.3) is 0 Å². The lowest BCUT2D eigenvalue weighted by Crippen LogP contribution is -2.09. The van der Waals surface area contributed by atoms with Gasteiger partial charge >= 0.3 is 0 Å². The van der Waals surface area contributed by atoms with Gasteiger partial charge in [-0.05, 0) is 33.3 Å². The minimum Gasteiger partial charge on any atom is -0.378 e. The van der Waals surface area contributed by atoms with Crippen molar-refractivity contribution in [3.8, 4) is 0 Å². The van der Waals surface area contributed by atoms with Gasteiger partial charge in [0.05, 0.1) is 16.7 Å². The Bertz CT molecular complexity index is 630. The lowest BCUT2D eigenvalue weighted by atomic mass is 10.1. The zero-order chi connectivity index (χ0) is 14.9. The molecule has 2 rings (SSSR count). The number of anilines is 1. The third-order valence-corrected chi connectivity index (χ3v) is 3.33. The summed E-state index contributed by atoms with van der Waals surface area (Å²) in [6.45, 7) is 7.62. The number of rotatable bonds is 4. The third kappa shape index (κ3) is 2.64. The summed E-state index contributed by atoms with van der Waals surface area (Å²) in [5.41, 5.74) is 3.58. The summed E-state index contributed by atoms with van der Waals surface area (Å²) in [5.74, 6) is 0.755. The monoisotopic (exact) mass is 275 g/mol. The second-order valence-corrected chi connectivity index (χ2v) is 4.86. The lowest BCUT2D eigenvalue weighted by Gasteiger charge is -2.16. The summed E-state index contributed by atoms with van der Waals surface area (Å²) in [4.78, 5) is 10.4. The van der Waals surface area contributed by atoms with E-state index in [1.54, 1.807) is 12.1 Å². The van der Waals surface area contributed by atoms with E-state index in [1.807, 2.05) is 27.7 Å². The van der Waals surface area contributed by atoms with E-state index in [0.717, 1.165) is 28.3 Å². The smallest absolute Gasteiger partial charge is 0.271 e. The average Bonchev–Trinajstić information content (AvgIpc) is 2.71. The first-order valence-corrected chi connectivity index (χ1v) is 6.34. The molecule has 1 aromatic heterocycles. The maximum absolute atomic E-state index is 10.8. The molecule has 1 atom stereocenters. The molecule has 0 amide bonds. The molecule has 6 nitrogen and oxygen atoms in total. The van der Waals surface area contributed by atoms with Crippen LogP contribution in [0.4, 0.5) is 11.4 Å². The zero-order valence-electron chi connectivity index (χ0n) is 11.9. The number of nitrogens with one attached hydrogen (secondary N) is 1. The molecule has 0 aliphatic carbocycles. The number of aryl methyl sites for hydroxylation is 3. The van der Waals surface area contributed by atoms with Crippen molar-refractivity contribution in [3.63, 3.8) is 0 Å². The number of benzene rings is 1. The molecule has 20 heavy (non-hydrogen) atoms. The van der Waals surface area contributed by atoms with Gasteiger partial charge in [0.25, 0.3) is 5.69 Å². The van der Waals surface area contributed by atoms with Gasteiger partial charge in [0.15, 0.2) is 0 Å². The topological polar surface area (TPSA) is 81.2 Å². The SMILES string of the molecule is Cc1ccc([N+](=O)[O-])cc1NC(C)c1c(C)noc1C. The number of nitrogens with zero attached hydrogens (tertiary/aromatic N) is 2. The zero-order valence-corrected chi connectivity index (χ0v) is 11.9. The number of non-ortho nitro benzene ring substituents is 1. The Hall–Kier alpha value is -2.37. The van der Waals surface area contributed by atoms with Crippen molar-refractivity contribution in [1.29, 1.82) is 0 Å². The Kier molecular flexibility index (Phi) is 3.74. The summed E-state index contributed by atoms with van der Waals surface area (Å²) in [5, 5.41) is 18.0. The minimum atomic E-state index is -0.398. The van der Waals surface area contributed by atoms with Crippen LogP contribution in [-0.2, 0) is 0 Å². The normalized spacial score (nSPS) is 12.2. The van der Waals surface area contributed by atoms with Crippen LogP contribution in [-0.4, -0.2) is 10.1 Å². The van der Waals surface area contributed by atoms with E-state index in [-0.39, 0.29) is 11.7 Å². The fraction of sp³-hybridized carbons (Fsp3) is 0.357. The van der Waals surface area contributed by atoms with E-state index in [0.29, 0.717) is 0 Å². The number of aromatic nitrogens is 1. The summed E-state index contributed by atoms with van der Waals surface area (Å²) in [6.07, 6.45) is 0. The standard InChI is InChI=1S/C14H17N3O3/c1-8-5-6-12(17(18)19)7-13(8)15-9(2)14-10(3)16-20-11(14)4/h5-7,9,15H,1-4H3. The summed E-state index contributed by atoms with van der Waals surface area (Å²) < 4.78 is 5.15. The molecule has 1 heterocycles. The summed E-state index contributed by atoms with van der Waals surface area (Å²) in [7, 11) is 0. The van der Waals surface area contributed by atoms with Crippen molar-refractivity contribution in [3.05, 3.63) is 50.9 Å². The van der Waals surface area contributed by atoms with Crippen molar-refractivity contribution >= 4 is 11.4 Å². The van der Waals surface area contributed by atoms with Crippen molar-refractivity contribution in [2.75, 3.05) is 5.32 Å². The van der Waals surface area contributed by atoms with Crippen LogP contribution in [0.15, 0.2) is 22.7 Å². The van der Waals surface area contributed by atoms with Crippen LogP contribution in [0.1, 0.15) is 35.5 Å². The highest BCUT2D eigenvalue weighted by atomic mass is 16.6. The molecule has 0 saturated heterocycles. The molecule has 1 aromatic carbocycles. The molecule has 106 valence electrons. The van der Waals surface area contributed by atoms with Crippen LogP contribution < -0.4 is 5.32 Å². The van der Waals surface area contributed by atoms with Gasteiger partial charge in [-0.15, -0.1) is 0 Å². The number of hydrogen-bond donors (Lipinski definition) is 1. The molecule has 0 radical (unpaired) electrons. The molecular weight excluding hydrogens is 258 g/mol. The van der Waals surface area contributed by atoms with Gasteiger partial charge in [0.1, 0.15) is 5.76 Å². The summed E-state index contributed by atoms with van der Waals surface area (Å²) in [6, 6.07) is 4.74. The van der Waals surface area contributed by atoms with Gasteiger partial charge in [-0.1, -0.05) is 11.2 Å². The second-order valence-electron chi connectivity index (χ2n) is 4.86.